The number of carbonyl (C=O) groups excluding carboxylic acids is 2. The zero-order valence-electron chi connectivity index (χ0n) is 8.86. The SMILES string of the molecule is C[C@H](OCC(=O)NC(=O)NC1CC1)C(=O)O. The lowest BCUT2D eigenvalue weighted by Gasteiger charge is -2.08. The third-order valence-corrected chi connectivity index (χ3v) is 1.98. The van der Waals surface area contributed by atoms with Crippen molar-refractivity contribution in [2.45, 2.75) is 31.9 Å². The average Bonchev–Trinajstić information content (AvgIpc) is 2.97. The van der Waals surface area contributed by atoms with Crippen LogP contribution in [0.1, 0.15) is 19.8 Å². The van der Waals surface area contributed by atoms with Gasteiger partial charge in [-0.2, -0.15) is 0 Å². The zero-order chi connectivity index (χ0) is 12.1. The van der Waals surface area contributed by atoms with E-state index in [4.69, 9.17) is 9.84 Å². The van der Waals surface area contributed by atoms with Crippen LogP contribution in [0.15, 0.2) is 0 Å². The van der Waals surface area contributed by atoms with Crippen molar-refractivity contribution in [3.05, 3.63) is 0 Å². The second-order valence-electron chi connectivity index (χ2n) is 3.59. The van der Waals surface area contributed by atoms with Crippen molar-refractivity contribution in [3.8, 4) is 0 Å². The van der Waals surface area contributed by atoms with Crippen LogP contribution in [0.5, 0.6) is 0 Å². The number of imide groups is 1. The molecule has 0 saturated heterocycles. The highest BCUT2D eigenvalue weighted by Crippen LogP contribution is 2.18. The van der Waals surface area contributed by atoms with Crippen molar-refractivity contribution in [2.75, 3.05) is 6.61 Å². The van der Waals surface area contributed by atoms with Gasteiger partial charge in [-0.3, -0.25) is 10.1 Å². The highest BCUT2D eigenvalue weighted by molar-refractivity contribution is 5.95. The molecule has 1 aliphatic carbocycles. The van der Waals surface area contributed by atoms with E-state index < -0.39 is 30.6 Å². The van der Waals surface area contributed by atoms with Gasteiger partial charge in [0.25, 0.3) is 5.91 Å². The molecule has 0 spiro atoms. The minimum absolute atomic E-state index is 0.159. The molecule has 1 aliphatic rings. The van der Waals surface area contributed by atoms with Crippen molar-refractivity contribution in [2.24, 2.45) is 0 Å². The number of hydrogen-bond acceptors (Lipinski definition) is 4. The summed E-state index contributed by atoms with van der Waals surface area (Å²) in [5.41, 5.74) is 0. The van der Waals surface area contributed by atoms with Crippen LogP contribution in [-0.4, -0.2) is 41.8 Å². The number of carbonyl (C=O) groups is 3. The molecular formula is C9H14N2O5. The normalized spacial score (nSPS) is 16.3. The van der Waals surface area contributed by atoms with Gasteiger partial charge in [-0.1, -0.05) is 0 Å². The van der Waals surface area contributed by atoms with E-state index >= 15 is 0 Å². The Morgan fingerprint density at radius 2 is 2.06 bits per heavy atom. The number of carboxylic acids is 1. The molecule has 1 saturated carbocycles. The summed E-state index contributed by atoms with van der Waals surface area (Å²) in [5.74, 6) is -1.82. The van der Waals surface area contributed by atoms with Crippen LogP contribution >= 0.6 is 0 Å². The summed E-state index contributed by atoms with van der Waals surface area (Å²) in [4.78, 5) is 32.5. The summed E-state index contributed by atoms with van der Waals surface area (Å²) < 4.78 is 4.70. The molecule has 1 rings (SSSR count). The molecule has 0 aliphatic heterocycles. The fourth-order valence-electron chi connectivity index (χ4n) is 0.884. The summed E-state index contributed by atoms with van der Waals surface area (Å²) in [5, 5.41) is 13.1. The second-order valence-corrected chi connectivity index (χ2v) is 3.59. The first-order chi connectivity index (χ1) is 7.49. The van der Waals surface area contributed by atoms with E-state index in [1.807, 2.05) is 5.32 Å². The summed E-state index contributed by atoms with van der Waals surface area (Å²) in [6.45, 7) is 0.853. The Morgan fingerprint density at radius 1 is 1.44 bits per heavy atom. The maximum atomic E-state index is 11.1. The number of aliphatic carboxylic acids is 1. The predicted octanol–water partition coefficient (Wildman–Crippen LogP) is -0.536. The van der Waals surface area contributed by atoms with Crippen LogP contribution < -0.4 is 10.6 Å². The molecule has 7 nitrogen and oxygen atoms in total. The second kappa shape index (κ2) is 5.45. The van der Waals surface area contributed by atoms with Gasteiger partial charge in [0.1, 0.15) is 6.61 Å². The monoisotopic (exact) mass is 230 g/mol. The average molecular weight is 230 g/mol. The molecule has 3 amide bonds. The van der Waals surface area contributed by atoms with Crippen molar-refractivity contribution in [1.82, 2.24) is 10.6 Å². The third-order valence-electron chi connectivity index (χ3n) is 1.98. The summed E-state index contributed by atoms with van der Waals surface area (Å²) in [7, 11) is 0. The summed E-state index contributed by atoms with van der Waals surface area (Å²) >= 11 is 0. The van der Waals surface area contributed by atoms with E-state index in [0.29, 0.717) is 0 Å². The van der Waals surface area contributed by atoms with Gasteiger partial charge in [-0.25, -0.2) is 9.59 Å². The van der Waals surface area contributed by atoms with Gasteiger partial charge in [0.2, 0.25) is 0 Å². The molecule has 1 fully saturated rings. The lowest BCUT2D eigenvalue weighted by molar-refractivity contribution is -0.150. The van der Waals surface area contributed by atoms with Gasteiger partial charge in [0.05, 0.1) is 0 Å². The van der Waals surface area contributed by atoms with Crippen LogP contribution in [0.3, 0.4) is 0 Å². The standard InChI is InChI=1S/C9H14N2O5/c1-5(8(13)14)16-4-7(12)11-9(15)10-6-2-3-6/h5-6H,2-4H2,1H3,(H,13,14)(H2,10,11,12,15)/t5-/m0/s1. The molecule has 0 aromatic heterocycles. The third kappa shape index (κ3) is 4.74. The molecule has 0 aromatic rings. The highest BCUT2D eigenvalue weighted by atomic mass is 16.5. The molecule has 0 radical (unpaired) electrons. The minimum atomic E-state index is -1.16. The molecule has 90 valence electrons. The van der Waals surface area contributed by atoms with Crippen molar-refractivity contribution < 1.29 is 24.2 Å². The van der Waals surface area contributed by atoms with Crippen LogP contribution in [0.4, 0.5) is 4.79 Å². The summed E-state index contributed by atoms with van der Waals surface area (Å²) in [6, 6.07) is -0.411. The molecule has 0 heterocycles. The van der Waals surface area contributed by atoms with Crippen LogP contribution in [0.2, 0.25) is 0 Å². The highest BCUT2D eigenvalue weighted by Gasteiger charge is 2.24. The molecule has 1 atom stereocenters. The van der Waals surface area contributed by atoms with Gasteiger partial charge in [-0.15, -0.1) is 0 Å². The van der Waals surface area contributed by atoms with Crippen LogP contribution in [0.25, 0.3) is 0 Å². The first-order valence-corrected chi connectivity index (χ1v) is 4.94. The lowest BCUT2D eigenvalue weighted by Crippen LogP contribution is -2.42. The molecule has 16 heavy (non-hydrogen) atoms. The van der Waals surface area contributed by atoms with Crippen molar-refractivity contribution >= 4 is 17.9 Å². The molecule has 0 unspecified atom stereocenters. The summed E-state index contributed by atoms with van der Waals surface area (Å²) in [6.07, 6.45) is 0.778. The molecule has 0 bridgehead atoms. The number of nitrogens with one attached hydrogen (secondary N) is 2. The van der Waals surface area contributed by atoms with E-state index in [0.717, 1.165) is 12.8 Å². The van der Waals surface area contributed by atoms with Crippen molar-refractivity contribution in [1.29, 1.82) is 0 Å². The fraction of sp³-hybridized carbons (Fsp3) is 0.667. The van der Waals surface area contributed by atoms with Gasteiger partial charge in [0.15, 0.2) is 6.10 Å². The van der Waals surface area contributed by atoms with E-state index in [2.05, 4.69) is 5.32 Å². The molecule has 7 heteroatoms. The van der Waals surface area contributed by atoms with Crippen LogP contribution in [-0.2, 0) is 14.3 Å². The Kier molecular flexibility index (Phi) is 4.24. The Labute approximate surface area is 92.1 Å². The number of amides is 3. The number of urea groups is 1. The molecular weight excluding hydrogens is 216 g/mol. The van der Waals surface area contributed by atoms with Crippen molar-refractivity contribution in [3.63, 3.8) is 0 Å². The number of carboxylic acid groups (broad SMARTS) is 1. The van der Waals surface area contributed by atoms with Gasteiger partial charge >= 0.3 is 12.0 Å². The van der Waals surface area contributed by atoms with E-state index in [1.165, 1.54) is 6.92 Å². The first kappa shape index (κ1) is 12.4. The van der Waals surface area contributed by atoms with E-state index in [-0.39, 0.29) is 6.04 Å². The Balaban J connectivity index is 2.14. The van der Waals surface area contributed by atoms with Crippen LogP contribution in [0, 0.1) is 0 Å². The Hall–Kier alpha value is -1.63. The fourth-order valence-corrected chi connectivity index (χ4v) is 0.884. The van der Waals surface area contributed by atoms with E-state index in [9.17, 15) is 14.4 Å². The topological polar surface area (TPSA) is 105 Å². The Morgan fingerprint density at radius 3 is 2.56 bits per heavy atom. The number of ether oxygens (including phenoxy) is 1. The zero-order valence-corrected chi connectivity index (χ0v) is 8.86. The maximum absolute atomic E-state index is 11.1. The predicted molar refractivity (Wildman–Crippen MR) is 52.7 cm³/mol. The number of hydrogen-bond donors (Lipinski definition) is 3. The largest absolute Gasteiger partial charge is 0.479 e. The smallest absolute Gasteiger partial charge is 0.332 e. The maximum Gasteiger partial charge on any atom is 0.332 e. The van der Waals surface area contributed by atoms with Gasteiger partial charge in [-0.05, 0) is 19.8 Å². The lowest BCUT2D eigenvalue weighted by atomic mass is 10.4. The Bertz CT molecular complexity index is 300. The van der Waals surface area contributed by atoms with E-state index in [1.54, 1.807) is 0 Å². The molecule has 0 aromatic carbocycles. The number of rotatable bonds is 5. The first-order valence-electron chi connectivity index (χ1n) is 4.94. The van der Waals surface area contributed by atoms with Gasteiger partial charge < -0.3 is 15.2 Å². The quantitative estimate of drug-likeness (QED) is 0.588. The minimum Gasteiger partial charge on any atom is -0.479 e. The molecule has 3 N–H and O–H groups in total. The van der Waals surface area contributed by atoms with Gasteiger partial charge in [0, 0.05) is 6.04 Å².